The Morgan fingerprint density at radius 3 is 2.57 bits per heavy atom. The van der Waals surface area contributed by atoms with Crippen molar-refractivity contribution in [2.75, 3.05) is 11.9 Å². The topological polar surface area (TPSA) is 91.8 Å². The third-order valence-corrected chi connectivity index (χ3v) is 5.05. The zero-order valence-corrected chi connectivity index (χ0v) is 18.1. The summed E-state index contributed by atoms with van der Waals surface area (Å²) in [5, 5.41) is 12.8. The van der Waals surface area contributed by atoms with Crippen molar-refractivity contribution in [3.63, 3.8) is 0 Å². The molecule has 30 heavy (non-hydrogen) atoms. The number of hydrogen-bond donors (Lipinski definition) is 3. The lowest BCUT2D eigenvalue weighted by atomic mass is 10.1. The summed E-state index contributed by atoms with van der Waals surface area (Å²) in [6.45, 7) is 6.70. The highest BCUT2D eigenvalue weighted by atomic mass is 32.1. The van der Waals surface area contributed by atoms with Crippen molar-refractivity contribution in [3.8, 4) is 11.4 Å². The van der Waals surface area contributed by atoms with Gasteiger partial charge in [0.2, 0.25) is 5.91 Å². The van der Waals surface area contributed by atoms with Crippen LogP contribution < -0.4 is 10.6 Å². The molecule has 156 valence electrons. The van der Waals surface area contributed by atoms with Crippen LogP contribution in [0.2, 0.25) is 0 Å². The Morgan fingerprint density at radius 1 is 1.13 bits per heavy atom. The highest BCUT2D eigenvalue weighted by Crippen LogP contribution is 2.20. The third-order valence-electron chi connectivity index (χ3n) is 4.74. The van der Waals surface area contributed by atoms with E-state index >= 15 is 0 Å². The van der Waals surface area contributed by atoms with Crippen molar-refractivity contribution in [3.05, 3.63) is 63.9 Å². The predicted octanol–water partition coefficient (Wildman–Crippen LogP) is 4.00. The van der Waals surface area contributed by atoms with E-state index in [1.807, 2.05) is 55.7 Å². The highest BCUT2D eigenvalue weighted by Gasteiger charge is 2.13. The van der Waals surface area contributed by atoms with Gasteiger partial charge in [-0.3, -0.25) is 19.3 Å². The molecule has 1 aromatic heterocycles. The Bertz CT molecular complexity index is 1120. The largest absolute Gasteiger partial charge is 0.352 e. The van der Waals surface area contributed by atoms with Crippen molar-refractivity contribution in [1.82, 2.24) is 20.1 Å². The number of aryl methyl sites for hydroxylation is 2. The maximum atomic E-state index is 12.6. The summed E-state index contributed by atoms with van der Waals surface area (Å²) in [6.07, 6.45) is 0.220. The minimum atomic E-state index is -0.166. The number of nitrogens with one attached hydrogen (secondary N) is 3. The Kier molecular flexibility index (Phi) is 6.79. The minimum Gasteiger partial charge on any atom is -0.352 e. The molecule has 0 fully saturated rings. The molecule has 0 saturated carbocycles. The average molecular weight is 424 g/mol. The van der Waals surface area contributed by atoms with Crippen LogP contribution in [0.3, 0.4) is 0 Å². The number of anilines is 1. The molecule has 0 bridgehead atoms. The van der Waals surface area contributed by atoms with Crippen LogP contribution in [0.5, 0.6) is 0 Å². The molecule has 0 atom stereocenters. The summed E-state index contributed by atoms with van der Waals surface area (Å²) >= 11 is 5.34. The van der Waals surface area contributed by atoms with Gasteiger partial charge in [-0.1, -0.05) is 35.9 Å². The van der Waals surface area contributed by atoms with Gasteiger partial charge < -0.3 is 10.6 Å². The van der Waals surface area contributed by atoms with Gasteiger partial charge in [-0.25, -0.2) is 0 Å². The molecule has 2 amide bonds. The molecular weight excluding hydrogens is 398 g/mol. The van der Waals surface area contributed by atoms with E-state index in [4.69, 9.17) is 12.2 Å². The minimum absolute atomic E-state index is 0.163. The van der Waals surface area contributed by atoms with Crippen molar-refractivity contribution in [1.29, 1.82) is 0 Å². The summed E-state index contributed by atoms with van der Waals surface area (Å²) in [7, 11) is 0. The first kappa shape index (κ1) is 21.4. The molecular formula is C22H25N5O2S. The first-order valence-electron chi connectivity index (χ1n) is 9.80. The van der Waals surface area contributed by atoms with Crippen LogP contribution in [-0.2, 0) is 11.3 Å². The zero-order valence-electron chi connectivity index (χ0n) is 17.3. The molecule has 0 saturated heterocycles. The van der Waals surface area contributed by atoms with Gasteiger partial charge >= 0.3 is 0 Å². The SMILES string of the molecule is CCNC(=O)c1ccc(C)c(NC(=O)CCn2c(-c3ccc(C)cc3)n[nH]c2=S)c1. The van der Waals surface area contributed by atoms with Crippen molar-refractivity contribution >= 4 is 29.7 Å². The maximum absolute atomic E-state index is 12.6. The molecule has 7 nitrogen and oxygen atoms in total. The first-order chi connectivity index (χ1) is 14.4. The summed E-state index contributed by atoms with van der Waals surface area (Å²) in [6, 6.07) is 13.2. The summed E-state index contributed by atoms with van der Waals surface area (Å²) in [5.41, 5.74) is 4.11. The summed E-state index contributed by atoms with van der Waals surface area (Å²) in [5.74, 6) is 0.367. The fourth-order valence-corrected chi connectivity index (χ4v) is 3.26. The van der Waals surface area contributed by atoms with Crippen LogP contribution in [0.15, 0.2) is 42.5 Å². The van der Waals surface area contributed by atoms with E-state index < -0.39 is 0 Å². The highest BCUT2D eigenvalue weighted by molar-refractivity contribution is 7.71. The molecule has 0 aliphatic heterocycles. The maximum Gasteiger partial charge on any atom is 0.251 e. The van der Waals surface area contributed by atoms with Crippen molar-refractivity contribution in [2.24, 2.45) is 0 Å². The zero-order chi connectivity index (χ0) is 21.7. The lowest BCUT2D eigenvalue weighted by Gasteiger charge is -2.11. The number of benzene rings is 2. The Hall–Kier alpha value is -3.26. The van der Waals surface area contributed by atoms with Gasteiger partial charge in [0.1, 0.15) is 0 Å². The van der Waals surface area contributed by atoms with Gasteiger partial charge in [0.25, 0.3) is 5.91 Å². The summed E-state index contributed by atoms with van der Waals surface area (Å²) < 4.78 is 2.28. The quantitative estimate of drug-likeness (QED) is 0.501. The molecule has 3 rings (SSSR count). The molecule has 3 N–H and O–H groups in total. The molecule has 0 radical (unpaired) electrons. The number of rotatable bonds is 7. The Labute approximate surface area is 180 Å². The molecule has 0 unspecified atom stereocenters. The standard InChI is InChI=1S/C22H25N5O2S/c1-4-23-21(29)17-10-7-15(3)18(13-17)24-19(28)11-12-27-20(25-26-22(27)30)16-8-5-14(2)6-9-16/h5-10,13H,4,11-12H2,1-3H3,(H,23,29)(H,24,28)(H,26,30). The molecule has 0 aliphatic carbocycles. The number of aromatic amines is 1. The van der Waals surface area contributed by atoms with Crippen molar-refractivity contribution in [2.45, 2.75) is 33.7 Å². The van der Waals surface area contributed by atoms with Gasteiger partial charge in [-0.15, -0.1) is 0 Å². The van der Waals surface area contributed by atoms with Crippen LogP contribution in [0.25, 0.3) is 11.4 Å². The van der Waals surface area contributed by atoms with E-state index in [9.17, 15) is 9.59 Å². The average Bonchev–Trinajstić information content (AvgIpc) is 3.09. The molecule has 8 heteroatoms. The second-order valence-electron chi connectivity index (χ2n) is 7.06. The van der Waals surface area contributed by atoms with E-state index in [1.165, 1.54) is 0 Å². The number of carbonyl (C=O) groups is 2. The van der Waals surface area contributed by atoms with Gasteiger partial charge in [0.05, 0.1) is 0 Å². The number of hydrogen-bond acceptors (Lipinski definition) is 4. The van der Waals surface area contributed by atoms with Crippen LogP contribution in [0, 0.1) is 18.6 Å². The third kappa shape index (κ3) is 5.01. The van der Waals surface area contributed by atoms with E-state index in [0.717, 1.165) is 16.7 Å². The van der Waals surface area contributed by atoms with Gasteiger partial charge in [-0.05, 0) is 50.7 Å². The van der Waals surface area contributed by atoms with E-state index in [0.29, 0.717) is 34.9 Å². The molecule has 1 heterocycles. The number of carbonyl (C=O) groups excluding carboxylic acids is 2. The normalized spacial score (nSPS) is 10.6. The van der Waals surface area contributed by atoms with Crippen LogP contribution >= 0.6 is 12.2 Å². The molecule has 0 spiro atoms. The number of nitrogens with zero attached hydrogens (tertiary/aromatic N) is 2. The second-order valence-corrected chi connectivity index (χ2v) is 7.44. The number of aromatic nitrogens is 3. The lowest BCUT2D eigenvalue weighted by Crippen LogP contribution is -2.23. The monoisotopic (exact) mass is 423 g/mol. The second kappa shape index (κ2) is 9.49. The smallest absolute Gasteiger partial charge is 0.251 e. The van der Waals surface area contributed by atoms with E-state index in [2.05, 4.69) is 20.8 Å². The first-order valence-corrected chi connectivity index (χ1v) is 10.2. The van der Waals surface area contributed by atoms with Crippen LogP contribution in [0.1, 0.15) is 34.8 Å². The fourth-order valence-electron chi connectivity index (χ4n) is 3.03. The lowest BCUT2D eigenvalue weighted by molar-refractivity contribution is -0.116. The number of H-pyrrole nitrogens is 1. The van der Waals surface area contributed by atoms with Crippen LogP contribution in [-0.4, -0.2) is 33.1 Å². The molecule has 2 aromatic carbocycles. The van der Waals surface area contributed by atoms with E-state index in [1.54, 1.807) is 12.1 Å². The number of amides is 2. The molecule has 0 aliphatic rings. The predicted molar refractivity (Wildman–Crippen MR) is 120 cm³/mol. The van der Waals surface area contributed by atoms with E-state index in [-0.39, 0.29) is 18.2 Å². The molecule has 3 aromatic rings. The van der Waals surface area contributed by atoms with Gasteiger partial charge in [0.15, 0.2) is 10.6 Å². The van der Waals surface area contributed by atoms with Gasteiger partial charge in [0, 0.05) is 36.3 Å². The Balaban J connectivity index is 1.71. The van der Waals surface area contributed by atoms with Gasteiger partial charge in [-0.2, -0.15) is 5.10 Å². The Morgan fingerprint density at radius 2 is 1.87 bits per heavy atom. The van der Waals surface area contributed by atoms with Crippen molar-refractivity contribution < 1.29 is 9.59 Å². The van der Waals surface area contributed by atoms with Crippen LogP contribution in [0.4, 0.5) is 5.69 Å². The fraction of sp³-hybridized carbons (Fsp3) is 0.273. The summed E-state index contributed by atoms with van der Waals surface area (Å²) in [4.78, 5) is 24.6.